The van der Waals surface area contributed by atoms with Gasteiger partial charge in [0.25, 0.3) is 7.82 Å². The molecule has 0 bridgehead atoms. The van der Waals surface area contributed by atoms with Crippen molar-refractivity contribution in [2.45, 2.75) is 187 Å². The van der Waals surface area contributed by atoms with Crippen LogP contribution in [0.1, 0.15) is 181 Å². The first-order valence-corrected chi connectivity index (χ1v) is 21.6. The van der Waals surface area contributed by atoms with Crippen molar-refractivity contribution in [1.29, 1.82) is 0 Å². The topological polar surface area (TPSA) is 111 Å². The Morgan fingerprint density at radius 2 is 1.04 bits per heavy atom. The van der Waals surface area contributed by atoms with Crippen LogP contribution in [0, 0.1) is 5.92 Å². The number of hydrogen-bond donors (Lipinski definition) is 0. The number of quaternary nitrogens is 1. The summed E-state index contributed by atoms with van der Waals surface area (Å²) in [6.07, 6.45) is 27.0. The van der Waals surface area contributed by atoms with Crippen molar-refractivity contribution >= 4 is 19.8 Å². The molecule has 0 radical (unpaired) electrons. The summed E-state index contributed by atoms with van der Waals surface area (Å²) in [4.78, 5) is 37.3. The highest BCUT2D eigenvalue weighted by molar-refractivity contribution is 7.45. The molecule has 49 heavy (non-hydrogen) atoms. The SMILES string of the molecule is CCCCCCCCCCCCCCCC(=O)OC[C@H](COP(=O)([O-])OCC[N+](C)(C)C)OC(=O)CCCCCCCCCCCC(C)C. The summed E-state index contributed by atoms with van der Waals surface area (Å²) in [5.74, 6) is -0.0416. The molecule has 1 unspecified atom stereocenters. The van der Waals surface area contributed by atoms with Gasteiger partial charge in [0.2, 0.25) is 0 Å². The van der Waals surface area contributed by atoms with E-state index in [0.717, 1.165) is 44.4 Å². The van der Waals surface area contributed by atoms with Gasteiger partial charge >= 0.3 is 11.9 Å². The molecule has 292 valence electrons. The summed E-state index contributed by atoms with van der Waals surface area (Å²) in [5, 5.41) is 0. The maximum atomic E-state index is 12.6. The Morgan fingerprint density at radius 1 is 0.612 bits per heavy atom. The molecule has 0 saturated carbocycles. The predicted molar refractivity (Wildman–Crippen MR) is 199 cm³/mol. The molecule has 10 heteroatoms. The molecule has 0 fully saturated rings. The summed E-state index contributed by atoms with van der Waals surface area (Å²) in [6.45, 7) is 6.53. The van der Waals surface area contributed by atoms with Crippen LogP contribution in [0.4, 0.5) is 0 Å². The fourth-order valence-electron chi connectivity index (χ4n) is 5.60. The number of rotatable bonds is 36. The van der Waals surface area contributed by atoms with E-state index in [9.17, 15) is 19.0 Å². The molecule has 0 aliphatic carbocycles. The minimum atomic E-state index is -4.61. The number of carbonyl (C=O) groups excluding carboxylic acids is 2. The maximum absolute atomic E-state index is 12.6. The zero-order valence-corrected chi connectivity index (χ0v) is 33.7. The van der Waals surface area contributed by atoms with E-state index >= 15 is 0 Å². The Kier molecular flexibility index (Phi) is 31.1. The lowest BCUT2D eigenvalue weighted by Crippen LogP contribution is -2.37. The summed E-state index contributed by atoms with van der Waals surface area (Å²) < 4.78 is 33.8. The Morgan fingerprint density at radius 3 is 1.49 bits per heavy atom. The second kappa shape index (κ2) is 31.7. The number of esters is 2. The van der Waals surface area contributed by atoms with Crippen molar-refractivity contribution in [3.8, 4) is 0 Å². The maximum Gasteiger partial charge on any atom is 0.306 e. The van der Waals surface area contributed by atoms with Crippen LogP contribution < -0.4 is 4.89 Å². The van der Waals surface area contributed by atoms with Crippen LogP contribution in [0.3, 0.4) is 0 Å². The van der Waals surface area contributed by atoms with Gasteiger partial charge in [-0.15, -0.1) is 0 Å². The molecule has 0 amide bonds. The van der Waals surface area contributed by atoms with E-state index < -0.39 is 26.5 Å². The number of hydrogen-bond acceptors (Lipinski definition) is 8. The van der Waals surface area contributed by atoms with Crippen LogP contribution in [0.5, 0.6) is 0 Å². The van der Waals surface area contributed by atoms with Gasteiger partial charge in [0, 0.05) is 12.8 Å². The van der Waals surface area contributed by atoms with E-state index in [-0.39, 0.29) is 32.0 Å². The summed E-state index contributed by atoms with van der Waals surface area (Å²) in [5.41, 5.74) is 0. The summed E-state index contributed by atoms with van der Waals surface area (Å²) in [6, 6.07) is 0. The van der Waals surface area contributed by atoms with Gasteiger partial charge in [-0.3, -0.25) is 14.2 Å². The molecule has 0 spiro atoms. The standard InChI is InChI=1S/C39H78NO8P/c1-7-8-9-10-11-12-13-14-15-18-21-24-27-30-38(41)45-34-37(35-47-49(43,44)46-33-32-40(4,5)6)48-39(42)31-28-25-22-19-16-17-20-23-26-29-36(2)3/h36-37H,7-35H2,1-6H3/t37-/m1/s1. The second-order valence-corrected chi connectivity index (χ2v) is 16.9. The predicted octanol–water partition coefficient (Wildman–Crippen LogP) is 10.1. The molecule has 0 aromatic rings. The molecule has 0 aromatic heterocycles. The van der Waals surface area contributed by atoms with Crippen LogP contribution in [-0.2, 0) is 32.7 Å². The largest absolute Gasteiger partial charge is 0.756 e. The average molecular weight is 720 g/mol. The normalized spacial score (nSPS) is 13.8. The fraction of sp³-hybridized carbons (Fsp3) is 0.949. The van der Waals surface area contributed by atoms with E-state index in [1.54, 1.807) is 0 Å². The highest BCUT2D eigenvalue weighted by Gasteiger charge is 2.21. The van der Waals surface area contributed by atoms with Gasteiger partial charge in [0.1, 0.15) is 19.8 Å². The van der Waals surface area contributed by atoms with Crippen LogP contribution >= 0.6 is 7.82 Å². The van der Waals surface area contributed by atoms with Gasteiger partial charge in [-0.25, -0.2) is 0 Å². The number of carbonyl (C=O) groups is 2. The van der Waals surface area contributed by atoms with E-state index in [4.69, 9.17) is 18.5 Å². The van der Waals surface area contributed by atoms with Crippen molar-refractivity contribution in [2.75, 3.05) is 47.5 Å². The summed E-state index contributed by atoms with van der Waals surface area (Å²) >= 11 is 0. The van der Waals surface area contributed by atoms with Gasteiger partial charge in [-0.1, -0.05) is 156 Å². The van der Waals surface area contributed by atoms with Crippen molar-refractivity contribution < 1.29 is 42.1 Å². The first-order valence-electron chi connectivity index (χ1n) is 20.1. The third-order valence-electron chi connectivity index (χ3n) is 8.81. The number of ether oxygens (including phenoxy) is 2. The van der Waals surface area contributed by atoms with E-state index in [0.29, 0.717) is 17.4 Å². The lowest BCUT2D eigenvalue weighted by atomic mass is 10.0. The molecule has 0 aromatic carbocycles. The van der Waals surface area contributed by atoms with Crippen LogP contribution in [-0.4, -0.2) is 70.0 Å². The van der Waals surface area contributed by atoms with Gasteiger partial charge < -0.3 is 27.9 Å². The number of unbranched alkanes of at least 4 members (excludes halogenated alkanes) is 20. The number of phosphoric acid groups is 1. The highest BCUT2D eigenvalue weighted by Crippen LogP contribution is 2.38. The molecule has 0 saturated heterocycles. The first-order chi connectivity index (χ1) is 23.3. The smallest absolute Gasteiger partial charge is 0.306 e. The molecular weight excluding hydrogens is 641 g/mol. The Balaban J connectivity index is 4.39. The molecular formula is C39H78NO8P. The third-order valence-corrected chi connectivity index (χ3v) is 9.77. The van der Waals surface area contributed by atoms with Crippen molar-refractivity contribution in [1.82, 2.24) is 0 Å². The molecule has 0 N–H and O–H groups in total. The minimum absolute atomic E-state index is 0.0268. The molecule has 0 heterocycles. The molecule has 0 aliphatic heterocycles. The van der Waals surface area contributed by atoms with Crippen LogP contribution in [0.25, 0.3) is 0 Å². The van der Waals surface area contributed by atoms with E-state index in [1.165, 1.54) is 103 Å². The Hall–Kier alpha value is -0.990. The lowest BCUT2D eigenvalue weighted by Gasteiger charge is -2.28. The van der Waals surface area contributed by atoms with Gasteiger partial charge in [0.15, 0.2) is 6.10 Å². The monoisotopic (exact) mass is 720 g/mol. The third kappa shape index (κ3) is 36.6. The number of likely N-dealkylation sites (N-methyl/N-ethyl adjacent to an activating group) is 1. The van der Waals surface area contributed by atoms with Crippen LogP contribution in [0.15, 0.2) is 0 Å². The fourth-order valence-corrected chi connectivity index (χ4v) is 6.33. The second-order valence-electron chi connectivity index (χ2n) is 15.5. The minimum Gasteiger partial charge on any atom is -0.756 e. The number of phosphoric ester groups is 1. The molecule has 0 aliphatic rings. The Bertz CT molecular complexity index is 832. The van der Waals surface area contributed by atoms with Crippen molar-refractivity contribution in [3.63, 3.8) is 0 Å². The Labute approximate surface area is 302 Å². The number of nitrogens with zero attached hydrogens (tertiary/aromatic N) is 1. The van der Waals surface area contributed by atoms with E-state index in [2.05, 4.69) is 20.8 Å². The zero-order valence-electron chi connectivity index (χ0n) is 32.8. The molecule has 0 rings (SSSR count). The van der Waals surface area contributed by atoms with Gasteiger partial charge in [-0.05, 0) is 18.8 Å². The van der Waals surface area contributed by atoms with E-state index in [1.807, 2.05) is 21.1 Å². The van der Waals surface area contributed by atoms with Crippen LogP contribution in [0.2, 0.25) is 0 Å². The van der Waals surface area contributed by atoms with Gasteiger partial charge in [-0.2, -0.15) is 0 Å². The van der Waals surface area contributed by atoms with Gasteiger partial charge in [0.05, 0.1) is 27.7 Å². The first kappa shape index (κ1) is 48.0. The zero-order chi connectivity index (χ0) is 36.6. The van der Waals surface area contributed by atoms with Crippen molar-refractivity contribution in [3.05, 3.63) is 0 Å². The summed E-state index contributed by atoms with van der Waals surface area (Å²) in [7, 11) is 1.18. The van der Waals surface area contributed by atoms with Crippen molar-refractivity contribution in [2.24, 2.45) is 5.92 Å². The average Bonchev–Trinajstić information content (AvgIpc) is 3.02. The quantitative estimate of drug-likeness (QED) is 0.0272. The lowest BCUT2D eigenvalue weighted by molar-refractivity contribution is -0.870. The highest BCUT2D eigenvalue weighted by atomic mass is 31.2. The molecule has 9 nitrogen and oxygen atoms in total. The molecule has 2 atom stereocenters.